The van der Waals surface area contributed by atoms with Gasteiger partial charge in [-0.05, 0) is 46.2 Å². The van der Waals surface area contributed by atoms with Gasteiger partial charge in [0.05, 0.1) is 39.7 Å². The Kier molecular flexibility index (Phi) is 6.34. The van der Waals surface area contributed by atoms with Crippen LogP contribution in [-0.2, 0) is 9.47 Å². The maximum atomic E-state index is 12.9. The molecular weight excluding hydrogens is 495 g/mol. The largest absolute Gasteiger partial charge is 0.405 e. The lowest BCUT2D eigenvalue weighted by Crippen LogP contribution is -2.35. The lowest BCUT2D eigenvalue weighted by Gasteiger charge is -2.26. The number of halogens is 3. The SMILES string of the molecule is Cc1nc(NCC(F)(F)F)nc(N[C@@H]2C[C@H]([C@H](C)O)[C@H]3OC(C)(C)O[C@H]32)c1-c1nc2ccccc2s1. The number of ether oxygens (including phenoxy) is 2. The molecule has 5 rings (SSSR count). The average Bonchev–Trinajstić information content (AvgIpc) is 3.42. The molecule has 1 aromatic carbocycles. The molecule has 1 aliphatic heterocycles. The highest BCUT2D eigenvalue weighted by Crippen LogP contribution is 2.45. The smallest absolute Gasteiger partial charge is 0.393 e. The number of benzene rings is 1. The Morgan fingerprint density at radius 3 is 2.58 bits per heavy atom. The highest BCUT2D eigenvalue weighted by molar-refractivity contribution is 7.21. The Balaban J connectivity index is 1.54. The average molecular weight is 524 g/mol. The number of alkyl halides is 3. The van der Waals surface area contributed by atoms with Crippen molar-refractivity contribution >= 4 is 33.3 Å². The minimum Gasteiger partial charge on any atom is -0.393 e. The van der Waals surface area contributed by atoms with E-state index in [2.05, 4.69) is 20.6 Å². The summed E-state index contributed by atoms with van der Waals surface area (Å²) in [5, 5.41) is 16.7. The van der Waals surface area contributed by atoms with E-state index < -0.39 is 24.6 Å². The molecule has 0 radical (unpaired) electrons. The minimum atomic E-state index is -4.42. The number of aliphatic hydroxyl groups is 1. The van der Waals surface area contributed by atoms with Crippen molar-refractivity contribution in [2.24, 2.45) is 5.92 Å². The van der Waals surface area contributed by atoms with Crippen LogP contribution < -0.4 is 10.6 Å². The van der Waals surface area contributed by atoms with Crippen LogP contribution in [0.15, 0.2) is 24.3 Å². The van der Waals surface area contributed by atoms with E-state index in [1.165, 1.54) is 11.3 Å². The van der Waals surface area contributed by atoms with E-state index in [-0.39, 0.29) is 30.1 Å². The van der Waals surface area contributed by atoms with Gasteiger partial charge in [-0.2, -0.15) is 18.2 Å². The molecule has 3 N–H and O–H groups in total. The number of rotatable bonds is 6. The fourth-order valence-corrected chi connectivity index (χ4v) is 6.04. The molecule has 194 valence electrons. The molecule has 2 aliphatic rings. The number of nitrogens with zero attached hydrogens (tertiary/aromatic N) is 3. The number of aliphatic hydroxyl groups excluding tert-OH is 1. The standard InChI is InChI=1S/C24H28F3N5O3S/c1-11-17(21-31-14-7-5-6-8-16(14)36-21)20(32-22(29-11)28-10-24(25,26)27)30-15-9-13(12(2)33)18-19(15)35-23(3,4)34-18/h5-8,12-13,15,18-19,33H,9-10H2,1-4H3,(H2,28,29,30,32)/t12-,13+,15+,18+,19-/m0/s1. The van der Waals surface area contributed by atoms with Crippen molar-refractivity contribution in [3.63, 3.8) is 0 Å². The van der Waals surface area contributed by atoms with E-state index >= 15 is 0 Å². The Morgan fingerprint density at radius 2 is 1.89 bits per heavy atom. The molecule has 12 heteroatoms. The Bertz CT molecular complexity index is 1230. The van der Waals surface area contributed by atoms with Gasteiger partial charge in [-0.3, -0.25) is 0 Å². The number of hydrogen-bond acceptors (Lipinski definition) is 9. The normalized spacial score (nSPS) is 26.2. The van der Waals surface area contributed by atoms with Gasteiger partial charge in [0.15, 0.2) is 5.79 Å². The maximum Gasteiger partial charge on any atom is 0.405 e. The van der Waals surface area contributed by atoms with Crippen molar-refractivity contribution < 1.29 is 27.8 Å². The summed E-state index contributed by atoms with van der Waals surface area (Å²) in [5.74, 6) is -0.775. The maximum absolute atomic E-state index is 12.9. The molecule has 1 saturated carbocycles. The number of thiazole rings is 1. The topological polar surface area (TPSA) is 101 Å². The number of hydrogen-bond donors (Lipinski definition) is 3. The predicted molar refractivity (Wildman–Crippen MR) is 131 cm³/mol. The van der Waals surface area contributed by atoms with Gasteiger partial charge in [0.1, 0.15) is 23.5 Å². The molecule has 0 unspecified atom stereocenters. The van der Waals surface area contributed by atoms with Crippen LogP contribution in [0.2, 0.25) is 0 Å². The number of fused-ring (bicyclic) bond motifs is 2. The fourth-order valence-electron chi connectivity index (χ4n) is 4.98. The third-order valence-corrected chi connectivity index (χ3v) is 7.55. The first-order chi connectivity index (χ1) is 16.9. The van der Waals surface area contributed by atoms with Crippen molar-refractivity contribution in [2.45, 2.75) is 70.4 Å². The molecule has 5 atom stereocenters. The molecule has 2 aromatic heterocycles. The molecule has 2 fully saturated rings. The zero-order valence-corrected chi connectivity index (χ0v) is 21.1. The van der Waals surface area contributed by atoms with E-state index in [0.717, 1.165) is 10.2 Å². The first kappa shape index (κ1) is 25.1. The summed E-state index contributed by atoms with van der Waals surface area (Å²) in [5.41, 5.74) is 1.91. The Labute approximate surface area is 210 Å². The molecule has 0 amide bonds. The van der Waals surface area contributed by atoms with Gasteiger partial charge in [0.2, 0.25) is 5.95 Å². The first-order valence-corrected chi connectivity index (χ1v) is 12.6. The van der Waals surface area contributed by atoms with Gasteiger partial charge in [-0.1, -0.05) is 12.1 Å². The second-order valence-corrected chi connectivity index (χ2v) is 10.8. The van der Waals surface area contributed by atoms with Gasteiger partial charge in [-0.25, -0.2) is 9.97 Å². The third kappa shape index (κ3) is 4.99. The van der Waals surface area contributed by atoms with Crippen LogP contribution in [0.4, 0.5) is 24.9 Å². The number of aromatic nitrogens is 3. The van der Waals surface area contributed by atoms with E-state index in [4.69, 9.17) is 14.5 Å². The van der Waals surface area contributed by atoms with Crippen molar-refractivity contribution in [1.82, 2.24) is 15.0 Å². The van der Waals surface area contributed by atoms with Crippen LogP contribution in [-0.4, -0.2) is 62.9 Å². The van der Waals surface area contributed by atoms with Crippen molar-refractivity contribution in [2.75, 3.05) is 17.2 Å². The molecule has 1 saturated heterocycles. The number of aryl methyl sites for hydroxylation is 1. The second-order valence-electron chi connectivity index (χ2n) is 9.77. The van der Waals surface area contributed by atoms with E-state index in [0.29, 0.717) is 28.5 Å². The van der Waals surface area contributed by atoms with Gasteiger partial charge in [0, 0.05) is 5.92 Å². The van der Waals surface area contributed by atoms with Gasteiger partial charge in [-0.15, -0.1) is 11.3 Å². The zero-order valence-electron chi connectivity index (χ0n) is 20.3. The number of nitrogens with one attached hydrogen (secondary N) is 2. The Hall–Kier alpha value is -2.54. The monoisotopic (exact) mass is 523 g/mol. The number of para-hydroxylation sites is 1. The predicted octanol–water partition coefficient (Wildman–Crippen LogP) is 4.74. The van der Waals surface area contributed by atoms with Crippen molar-refractivity contribution in [3.8, 4) is 10.6 Å². The zero-order chi connectivity index (χ0) is 25.8. The lowest BCUT2D eigenvalue weighted by molar-refractivity contribution is -0.161. The van der Waals surface area contributed by atoms with Crippen LogP contribution in [0.25, 0.3) is 20.8 Å². The van der Waals surface area contributed by atoms with E-state index in [1.54, 1.807) is 13.8 Å². The van der Waals surface area contributed by atoms with Gasteiger partial charge in [0.25, 0.3) is 0 Å². The molecule has 3 heterocycles. The molecule has 0 bridgehead atoms. The van der Waals surface area contributed by atoms with Gasteiger partial charge >= 0.3 is 6.18 Å². The molecule has 1 aliphatic carbocycles. The summed E-state index contributed by atoms with van der Waals surface area (Å²) in [6.45, 7) is 5.83. The molecule has 3 aromatic rings. The summed E-state index contributed by atoms with van der Waals surface area (Å²) < 4.78 is 51.9. The van der Waals surface area contributed by atoms with E-state index in [9.17, 15) is 18.3 Å². The van der Waals surface area contributed by atoms with Crippen LogP contribution in [0.3, 0.4) is 0 Å². The van der Waals surface area contributed by atoms with E-state index in [1.807, 2.05) is 38.1 Å². The summed E-state index contributed by atoms with van der Waals surface area (Å²) in [7, 11) is 0. The lowest BCUT2D eigenvalue weighted by atomic mass is 9.99. The summed E-state index contributed by atoms with van der Waals surface area (Å²) in [6.07, 6.45) is -5.20. The van der Waals surface area contributed by atoms with Crippen molar-refractivity contribution in [1.29, 1.82) is 0 Å². The van der Waals surface area contributed by atoms with Crippen LogP contribution in [0.1, 0.15) is 32.9 Å². The fraction of sp³-hybridized carbons (Fsp3) is 0.542. The molecule has 8 nitrogen and oxygen atoms in total. The molecule has 36 heavy (non-hydrogen) atoms. The number of anilines is 2. The van der Waals surface area contributed by atoms with Gasteiger partial charge < -0.3 is 25.2 Å². The van der Waals surface area contributed by atoms with Crippen molar-refractivity contribution in [3.05, 3.63) is 30.0 Å². The first-order valence-electron chi connectivity index (χ1n) is 11.8. The molecule has 0 spiro atoms. The highest BCUT2D eigenvalue weighted by atomic mass is 32.1. The van der Waals surface area contributed by atoms with Crippen LogP contribution >= 0.6 is 11.3 Å². The molecular formula is C24H28F3N5O3S. The Morgan fingerprint density at radius 1 is 1.17 bits per heavy atom. The third-order valence-electron chi connectivity index (χ3n) is 6.49. The summed E-state index contributed by atoms with van der Waals surface area (Å²) in [4.78, 5) is 13.5. The minimum absolute atomic E-state index is 0.136. The van der Waals surface area contributed by atoms with Crippen LogP contribution in [0, 0.1) is 12.8 Å². The summed E-state index contributed by atoms with van der Waals surface area (Å²) in [6, 6.07) is 7.38. The summed E-state index contributed by atoms with van der Waals surface area (Å²) >= 11 is 1.46. The second kappa shape index (κ2) is 9.09. The quantitative estimate of drug-likeness (QED) is 0.426. The highest BCUT2D eigenvalue weighted by Gasteiger charge is 2.55. The van der Waals surface area contributed by atoms with Crippen LogP contribution in [0.5, 0.6) is 0 Å².